The molecule has 0 aromatic rings. The van der Waals surface area contributed by atoms with Gasteiger partial charge in [0.25, 0.3) is 0 Å². The van der Waals surface area contributed by atoms with E-state index in [9.17, 15) is 0 Å². The van der Waals surface area contributed by atoms with Crippen LogP contribution in [0.2, 0.25) is 0 Å². The molecule has 84 valence electrons. The summed E-state index contributed by atoms with van der Waals surface area (Å²) in [5, 5.41) is 8.80. The third-order valence-electron chi connectivity index (χ3n) is 3.27. The van der Waals surface area contributed by atoms with E-state index in [1.165, 1.54) is 25.7 Å². The lowest BCUT2D eigenvalue weighted by molar-refractivity contribution is 0.143. The summed E-state index contributed by atoms with van der Waals surface area (Å²) in [7, 11) is 0. The molecule has 0 aromatic heterocycles. The lowest BCUT2D eigenvalue weighted by Gasteiger charge is -2.35. The number of aliphatic hydroxyl groups is 1. The fourth-order valence-corrected chi connectivity index (χ4v) is 2.34. The second kappa shape index (κ2) is 6.38. The number of rotatable bonds is 5. The van der Waals surface area contributed by atoms with Crippen molar-refractivity contribution in [1.29, 1.82) is 0 Å². The Morgan fingerprint density at radius 1 is 1.29 bits per heavy atom. The highest BCUT2D eigenvalue weighted by Crippen LogP contribution is 2.21. The van der Waals surface area contributed by atoms with Crippen molar-refractivity contribution in [3.05, 3.63) is 0 Å². The van der Waals surface area contributed by atoms with Crippen molar-refractivity contribution in [2.24, 2.45) is 5.73 Å². The average molecular weight is 200 g/mol. The molecule has 0 atom stereocenters. The zero-order valence-corrected chi connectivity index (χ0v) is 9.28. The standard InChI is InChI=1S/C11H24N2O/c1-2-13(8-3-9-14)11-6-4-10(12)5-7-11/h10-11,14H,2-9,12H2,1H3. The lowest BCUT2D eigenvalue weighted by Crippen LogP contribution is -2.41. The van der Waals surface area contributed by atoms with Gasteiger partial charge < -0.3 is 15.7 Å². The molecule has 1 fully saturated rings. The van der Waals surface area contributed by atoms with E-state index >= 15 is 0 Å². The van der Waals surface area contributed by atoms with Crippen molar-refractivity contribution in [2.45, 2.75) is 51.1 Å². The van der Waals surface area contributed by atoms with Crippen LogP contribution in [-0.4, -0.2) is 41.8 Å². The summed E-state index contributed by atoms with van der Waals surface area (Å²) in [6.45, 7) is 4.64. The van der Waals surface area contributed by atoms with Gasteiger partial charge in [0.1, 0.15) is 0 Å². The maximum atomic E-state index is 8.80. The van der Waals surface area contributed by atoms with E-state index < -0.39 is 0 Å². The summed E-state index contributed by atoms with van der Waals surface area (Å²) in [6.07, 6.45) is 5.71. The summed E-state index contributed by atoms with van der Waals surface area (Å²) in [5.41, 5.74) is 5.88. The van der Waals surface area contributed by atoms with Gasteiger partial charge in [0.2, 0.25) is 0 Å². The SMILES string of the molecule is CCN(CCCO)C1CCC(N)CC1. The van der Waals surface area contributed by atoms with Crippen molar-refractivity contribution < 1.29 is 5.11 Å². The second-order valence-corrected chi connectivity index (χ2v) is 4.27. The normalized spacial score (nSPS) is 28.3. The smallest absolute Gasteiger partial charge is 0.0443 e. The maximum absolute atomic E-state index is 8.80. The number of aliphatic hydroxyl groups excluding tert-OH is 1. The molecule has 0 aromatic carbocycles. The molecule has 0 bridgehead atoms. The molecule has 0 radical (unpaired) electrons. The highest BCUT2D eigenvalue weighted by Gasteiger charge is 2.22. The largest absolute Gasteiger partial charge is 0.396 e. The Morgan fingerprint density at radius 3 is 2.43 bits per heavy atom. The highest BCUT2D eigenvalue weighted by molar-refractivity contribution is 4.80. The van der Waals surface area contributed by atoms with E-state index in [1.54, 1.807) is 0 Å². The third kappa shape index (κ3) is 3.56. The van der Waals surface area contributed by atoms with Gasteiger partial charge in [-0.3, -0.25) is 0 Å². The molecule has 0 heterocycles. The van der Waals surface area contributed by atoms with Crippen LogP contribution in [0.5, 0.6) is 0 Å². The molecule has 0 saturated heterocycles. The molecule has 1 saturated carbocycles. The topological polar surface area (TPSA) is 49.5 Å². The Kier molecular flexibility index (Phi) is 5.45. The van der Waals surface area contributed by atoms with Crippen LogP contribution in [0.3, 0.4) is 0 Å². The summed E-state index contributed by atoms with van der Waals surface area (Å²) in [4.78, 5) is 2.49. The summed E-state index contributed by atoms with van der Waals surface area (Å²) in [5.74, 6) is 0. The van der Waals surface area contributed by atoms with E-state index in [4.69, 9.17) is 10.8 Å². The van der Waals surface area contributed by atoms with Crippen LogP contribution in [0.1, 0.15) is 39.0 Å². The van der Waals surface area contributed by atoms with Crippen molar-refractivity contribution in [1.82, 2.24) is 4.90 Å². The molecule has 3 nitrogen and oxygen atoms in total. The Morgan fingerprint density at radius 2 is 1.93 bits per heavy atom. The summed E-state index contributed by atoms with van der Waals surface area (Å²) >= 11 is 0. The maximum Gasteiger partial charge on any atom is 0.0443 e. The molecular weight excluding hydrogens is 176 g/mol. The molecule has 0 amide bonds. The number of hydrogen-bond donors (Lipinski definition) is 2. The first-order valence-corrected chi connectivity index (χ1v) is 5.88. The molecule has 1 rings (SSSR count). The van der Waals surface area contributed by atoms with Gasteiger partial charge in [-0.2, -0.15) is 0 Å². The molecule has 0 aliphatic heterocycles. The van der Waals surface area contributed by atoms with Gasteiger partial charge in [-0.1, -0.05) is 6.92 Å². The quantitative estimate of drug-likeness (QED) is 0.695. The minimum Gasteiger partial charge on any atom is -0.396 e. The fourth-order valence-electron chi connectivity index (χ4n) is 2.34. The predicted octanol–water partition coefficient (Wildman–Crippen LogP) is 0.961. The minimum atomic E-state index is 0.308. The first kappa shape index (κ1) is 12.0. The first-order chi connectivity index (χ1) is 6.77. The zero-order valence-electron chi connectivity index (χ0n) is 9.28. The molecule has 1 aliphatic rings. The number of nitrogens with two attached hydrogens (primary N) is 1. The Balaban J connectivity index is 2.29. The fraction of sp³-hybridized carbons (Fsp3) is 1.00. The number of hydrogen-bond acceptors (Lipinski definition) is 3. The lowest BCUT2D eigenvalue weighted by atomic mass is 9.90. The Labute approximate surface area is 87.3 Å². The Bertz CT molecular complexity index is 141. The molecule has 0 spiro atoms. The molecular formula is C11H24N2O. The molecule has 14 heavy (non-hydrogen) atoms. The number of nitrogens with zero attached hydrogens (tertiary/aromatic N) is 1. The molecule has 0 unspecified atom stereocenters. The van der Waals surface area contributed by atoms with Gasteiger partial charge in [-0.25, -0.2) is 0 Å². The van der Waals surface area contributed by atoms with E-state index in [0.29, 0.717) is 18.7 Å². The van der Waals surface area contributed by atoms with Crippen LogP contribution in [0.25, 0.3) is 0 Å². The van der Waals surface area contributed by atoms with E-state index in [2.05, 4.69) is 11.8 Å². The van der Waals surface area contributed by atoms with Crippen LogP contribution in [-0.2, 0) is 0 Å². The van der Waals surface area contributed by atoms with Crippen molar-refractivity contribution in [2.75, 3.05) is 19.7 Å². The molecule has 3 N–H and O–H groups in total. The minimum absolute atomic E-state index is 0.308. The summed E-state index contributed by atoms with van der Waals surface area (Å²) < 4.78 is 0. The van der Waals surface area contributed by atoms with Gasteiger partial charge in [-0.15, -0.1) is 0 Å². The third-order valence-corrected chi connectivity index (χ3v) is 3.27. The van der Waals surface area contributed by atoms with Crippen molar-refractivity contribution >= 4 is 0 Å². The van der Waals surface area contributed by atoms with Gasteiger partial charge in [-0.05, 0) is 38.6 Å². The highest BCUT2D eigenvalue weighted by atomic mass is 16.3. The van der Waals surface area contributed by atoms with E-state index in [1.807, 2.05) is 0 Å². The van der Waals surface area contributed by atoms with Crippen molar-refractivity contribution in [3.8, 4) is 0 Å². The van der Waals surface area contributed by atoms with E-state index in [0.717, 1.165) is 19.5 Å². The average Bonchev–Trinajstić information content (AvgIpc) is 2.21. The van der Waals surface area contributed by atoms with Gasteiger partial charge in [0.15, 0.2) is 0 Å². The van der Waals surface area contributed by atoms with Crippen LogP contribution in [0, 0.1) is 0 Å². The van der Waals surface area contributed by atoms with Gasteiger partial charge in [0.05, 0.1) is 0 Å². The van der Waals surface area contributed by atoms with Gasteiger partial charge >= 0.3 is 0 Å². The Hall–Kier alpha value is -0.120. The van der Waals surface area contributed by atoms with Crippen LogP contribution >= 0.6 is 0 Å². The first-order valence-electron chi connectivity index (χ1n) is 5.88. The van der Waals surface area contributed by atoms with Crippen LogP contribution in [0.4, 0.5) is 0 Å². The van der Waals surface area contributed by atoms with E-state index in [-0.39, 0.29) is 0 Å². The monoisotopic (exact) mass is 200 g/mol. The van der Waals surface area contributed by atoms with Crippen LogP contribution < -0.4 is 5.73 Å². The van der Waals surface area contributed by atoms with Crippen molar-refractivity contribution in [3.63, 3.8) is 0 Å². The second-order valence-electron chi connectivity index (χ2n) is 4.27. The zero-order chi connectivity index (χ0) is 10.4. The summed E-state index contributed by atoms with van der Waals surface area (Å²) in [6, 6.07) is 1.15. The molecule has 3 heteroatoms. The van der Waals surface area contributed by atoms with Crippen LogP contribution in [0.15, 0.2) is 0 Å². The molecule has 1 aliphatic carbocycles. The van der Waals surface area contributed by atoms with Gasteiger partial charge in [0, 0.05) is 25.2 Å². The predicted molar refractivity (Wildman–Crippen MR) is 59.2 cm³/mol.